The number of likely N-dealkylation sites (tertiary alicyclic amines) is 1. The Kier molecular flexibility index (Phi) is 4.51. The van der Waals surface area contributed by atoms with Gasteiger partial charge in [-0.05, 0) is 48.2 Å². The molecular weight excluding hydrogens is 294 g/mol. The highest BCUT2D eigenvalue weighted by Crippen LogP contribution is 2.36. The Morgan fingerprint density at radius 1 is 1.09 bits per heavy atom. The van der Waals surface area contributed by atoms with E-state index in [1.165, 1.54) is 5.56 Å². The fourth-order valence-corrected chi connectivity index (χ4v) is 4.72. The van der Waals surface area contributed by atoms with Crippen molar-refractivity contribution in [3.05, 3.63) is 35.9 Å². The van der Waals surface area contributed by atoms with Gasteiger partial charge in [0.2, 0.25) is 0 Å². The van der Waals surface area contributed by atoms with Gasteiger partial charge in [-0.3, -0.25) is 4.79 Å². The van der Waals surface area contributed by atoms with Gasteiger partial charge in [0, 0.05) is 13.1 Å². The van der Waals surface area contributed by atoms with Crippen molar-refractivity contribution in [2.24, 2.45) is 0 Å². The topological polar surface area (TPSA) is 40.5 Å². The number of hydrogen-bond acceptors (Lipinski definition) is 3. The number of nitrogens with zero attached hydrogens (tertiary/aromatic N) is 1. The SMILES string of the molecule is CC1(c2ccccc2)CCN(C(=O)C2(O)CCSCC2)CC1. The van der Waals surface area contributed by atoms with Crippen LogP contribution in [0.25, 0.3) is 0 Å². The number of thioether (sulfide) groups is 1. The molecule has 1 amide bonds. The monoisotopic (exact) mass is 319 g/mol. The molecule has 1 N–H and O–H groups in total. The van der Waals surface area contributed by atoms with Crippen LogP contribution >= 0.6 is 11.8 Å². The smallest absolute Gasteiger partial charge is 0.254 e. The average molecular weight is 319 g/mol. The van der Waals surface area contributed by atoms with Gasteiger partial charge in [0.15, 0.2) is 0 Å². The maximum absolute atomic E-state index is 12.7. The lowest BCUT2D eigenvalue weighted by Gasteiger charge is -2.43. The number of benzene rings is 1. The lowest BCUT2D eigenvalue weighted by Crippen LogP contribution is -2.54. The molecule has 3 rings (SSSR count). The second kappa shape index (κ2) is 6.25. The van der Waals surface area contributed by atoms with E-state index in [1.54, 1.807) is 0 Å². The van der Waals surface area contributed by atoms with Crippen LogP contribution in [0.3, 0.4) is 0 Å². The number of aliphatic hydroxyl groups is 1. The average Bonchev–Trinajstić information content (AvgIpc) is 2.56. The largest absolute Gasteiger partial charge is 0.380 e. The molecule has 0 aromatic heterocycles. The Balaban J connectivity index is 1.65. The van der Waals surface area contributed by atoms with Crippen molar-refractivity contribution < 1.29 is 9.90 Å². The van der Waals surface area contributed by atoms with E-state index < -0.39 is 5.60 Å². The maximum Gasteiger partial charge on any atom is 0.254 e. The Bertz CT molecular complexity index is 517. The molecule has 0 saturated carbocycles. The quantitative estimate of drug-likeness (QED) is 0.911. The molecule has 0 bridgehead atoms. The Morgan fingerprint density at radius 2 is 1.68 bits per heavy atom. The van der Waals surface area contributed by atoms with Crippen LogP contribution in [0.15, 0.2) is 30.3 Å². The van der Waals surface area contributed by atoms with Gasteiger partial charge in [-0.25, -0.2) is 0 Å². The highest BCUT2D eigenvalue weighted by atomic mass is 32.2. The van der Waals surface area contributed by atoms with Gasteiger partial charge in [-0.2, -0.15) is 11.8 Å². The molecule has 2 aliphatic heterocycles. The Labute approximate surface area is 137 Å². The first kappa shape index (κ1) is 15.9. The molecule has 1 aromatic carbocycles. The molecule has 3 nitrogen and oxygen atoms in total. The molecule has 0 unspecified atom stereocenters. The van der Waals surface area contributed by atoms with Crippen LogP contribution in [0.5, 0.6) is 0 Å². The predicted molar refractivity (Wildman–Crippen MR) is 91.1 cm³/mol. The molecular formula is C18H25NO2S. The van der Waals surface area contributed by atoms with Crippen molar-refractivity contribution in [2.45, 2.75) is 43.6 Å². The van der Waals surface area contributed by atoms with Crippen molar-refractivity contribution in [2.75, 3.05) is 24.6 Å². The lowest BCUT2D eigenvalue weighted by molar-refractivity contribution is -0.153. The van der Waals surface area contributed by atoms with Gasteiger partial charge in [0.25, 0.3) is 5.91 Å². The van der Waals surface area contributed by atoms with E-state index in [4.69, 9.17) is 0 Å². The van der Waals surface area contributed by atoms with Gasteiger partial charge in [-0.15, -0.1) is 0 Å². The Hall–Kier alpha value is -1.000. The highest BCUT2D eigenvalue weighted by Gasteiger charge is 2.42. The summed E-state index contributed by atoms with van der Waals surface area (Å²) in [5.41, 5.74) is 0.393. The van der Waals surface area contributed by atoms with Gasteiger partial charge in [0.1, 0.15) is 5.60 Å². The predicted octanol–water partition coefficient (Wildman–Crippen LogP) is 2.82. The van der Waals surface area contributed by atoms with Crippen LogP contribution in [-0.2, 0) is 10.2 Å². The normalized spacial score (nSPS) is 24.0. The van der Waals surface area contributed by atoms with Gasteiger partial charge in [-0.1, -0.05) is 37.3 Å². The number of carbonyl (C=O) groups is 1. The summed E-state index contributed by atoms with van der Waals surface area (Å²) in [7, 11) is 0. The van der Waals surface area contributed by atoms with Crippen LogP contribution in [0.4, 0.5) is 0 Å². The molecule has 2 saturated heterocycles. The summed E-state index contributed by atoms with van der Waals surface area (Å²) in [6.45, 7) is 3.79. The zero-order valence-electron chi connectivity index (χ0n) is 13.3. The molecule has 22 heavy (non-hydrogen) atoms. The third kappa shape index (κ3) is 3.04. The minimum Gasteiger partial charge on any atom is -0.380 e. The minimum absolute atomic E-state index is 0.0390. The first-order chi connectivity index (χ1) is 10.5. The van der Waals surface area contributed by atoms with Crippen LogP contribution < -0.4 is 0 Å². The molecule has 2 aliphatic rings. The van der Waals surface area contributed by atoms with E-state index in [0.29, 0.717) is 12.8 Å². The van der Waals surface area contributed by atoms with E-state index in [1.807, 2.05) is 22.7 Å². The van der Waals surface area contributed by atoms with E-state index in [-0.39, 0.29) is 11.3 Å². The fraction of sp³-hybridized carbons (Fsp3) is 0.611. The molecule has 1 aromatic rings. The Morgan fingerprint density at radius 3 is 2.27 bits per heavy atom. The standard InChI is InChI=1S/C18H25NO2S/c1-17(15-5-3-2-4-6-15)7-11-19(12-8-17)16(20)18(21)9-13-22-14-10-18/h2-6,21H,7-14H2,1H3. The molecule has 0 spiro atoms. The van der Waals surface area contributed by atoms with Crippen LogP contribution in [0, 0.1) is 0 Å². The van der Waals surface area contributed by atoms with Crippen molar-refractivity contribution in [3.8, 4) is 0 Å². The van der Waals surface area contributed by atoms with Gasteiger partial charge in [0.05, 0.1) is 0 Å². The molecule has 0 aliphatic carbocycles. The summed E-state index contributed by atoms with van der Waals surface area (Å²) >= 11 is 1.83. The molecule has 2 fully saturated rings. The van der Waals surface area contributed by atoms with Crippen molar-refractivity contribution in [1.82, 2.24) is 4.90 Å². The number of piperidine rings is 1. The van der Waals surface area contributed by atoms with E-state index in [0.717, 1.165) is 37.4 Å². The number of amides is 1. The van der Waals surface area contributed by atoms with Crippen molar-refractivity contribution in [1.29, 1.82) is 0 Å². The van der Waals surface area contributed by atoms with E-state index in [9.17, 15) is 9.90 Å². The molecule has 0 radical (unpaired) electrons. The summed E-state index contributed by atoms with van der Waals surface area (Å²) in [6.07, 6.45) is 3.13. The summed E-state index contributed by atoms with van der Waals surface area (Å²) in [5.74, 6) is 1.73. The zero-order chi connectivity index (χ0) is 15.6. The summed E-state index contributed by atoms with van der Waals surface area (Å²) in [6, 6.07) is 10.6. The maximum atomic E-state index is 12.7. The number of carbonyl (C=O) groups excluding carboxylic acids is 1. The minimum atomic E-state index is -1.11. The van der Waals surface area contributed by atoms with E-state index in [2.05, 4.69) is 31.2 Å². The first-order valence-electron chi connectivity index (χ1n) is 8.19. The summed E-state index contributed by atoms with van der Waals surface area (Å²) in [4.78, 5) is 14.6. The third-order valence-electron chi connectivity index (χ3n) is 5.34. The second-order valence-corrected chi connectivity index (χ2v) is 8.09. The third-order valence-corrected chi connectivity index (χ3v) is 6.33. The number of hydrogen-bond donors (Lipinski definition) is 1. The summed E-state index contributed by atoms with van der Waals surface area (Å²) in [5, 5.41) is 10.6. The van der Waals surface area contributed by atoms with Crippen molar-refractivity contribution in [3.63, 3.8) is 0 Å². The highest BCUT2D eigenvalue weighted by molar-refractivity contribution is 7.99. The van der Waals surface area contributed by atoms with Crippen LogP contribution in [0.1, 0.15) is 38.2 Å². The molecule has 2 heterocycles. The molecule has 120 valence electrons. The van der Waals surface area contributed by atoms with Crippen LogP contribution in [-0.4, -0.2) is 46.1 Å². The van der Waals surface area contributed by atoms with Crippen molar-refractivity contribution >= 4 is 17.7 Å². The fourth-order valence-electron chi connectivity index (χ4n) is 3.55. The molecule has 0 atom stereocenters. The molecule has 4 heteroatoms. The lowest BCUT2D eigenvalue weighted by atomic mass is 9.74. The number of rotatable bonds is 2. The van der Waals surface area contributed by atoms with Gasteiger partial charge >= 0.3 is 0 Å². The van der Waals surface area contributed by atoms with Gasteiger partial charge < -0.3 is 10.0 Å². The van der Waals surface area contributed by atoms with E-state index >= 15 is 0 Å². The zero-order valence-corrected chi connectivity index (χ0v) is 14.1. The van der Waals surface area contributed by atoms with Crippen LogP contribution in [0.2, 0.25) is 0 Å². The summed E-state index contributed by atoms with van der Waals surface area (Å²) < 4.78 is 0. The first-order valence-corrected chi connectivity index (χ1v) is 9.34. The second-order valence-electron chi connectivity index (χ2n) is 6.86.